The fourth-order valence-corrected chi connectivity index (χ4v) is 1.19. The lowest BCUT2D eigenvalue weighted by Crippen LogP contribution is -2.32. The molecule has 0 spiro atoms. The Morgan fingerprint density at radius 1 is 1.36 bits per heavy atom. The van der Waals surface area contributed by atoms with E-state index in [1.165, 1.54) is 6.08 Å². The van der Waals surface area contributed by atoms with E-state index >= 15 is 0 Å². The summed E-state index contributed by atoms with van der Waals surface area (Å²) in [5.41, 5.74) is 5.34. The van der Waals surface area contributed by atoms with Crippen molar-refractivity contribution >= 4 is 0 Å². The lowest BCUT2D eigenvalue weighted by atomic mass is 9.91. The summed E-state index contributed by atoms with van der Waals surface area (Å²) >= 11 is 0. The Morgan fingerprint density at radius 2 is 2.00 bits per heavy atom. The molecular weight excluding hydrogens is 155 g/mol. The number of nitrogens with two attached hydrogens (primary N) is 1. The Morgan fingerprint density at radius 3 is 2.36 bits per heavy atom. The molecule has 1 rings (SSSR count). The first-order valence-electron chi connectivity index (χ1n) is 3.49. The van der Waals surface area contributed by atoms with Gasteiger partial charge in [-0.3, -0.25) is 0 Å². The topological polar surface area (TPSA) is 26.0 Å². The first-order valence-corrected chi connectivity index (χ1v) is 3.49. The molecule has 1 nitrogen and oxygen atoms in total. The van der Waals surface area contributed by atoms with Crippen LogP contribution in [0.3, 0.4) is 0 Å². The Bertz CT molecular complexity index is 162. The second kappa shape index (κ2) is 2.85. The maximum absolute atomic E-state index is 12.0. The zero-order valence-electron chi connectivity index (χ0n) is 5.93. The summed E-state index contributed by atoms with van der Waals surface area (Å²) in [5.74, 6) is -1.23. The van der Waals surface area contributed by atoms with Crippen molar-refractivity contribution in [3.05, 3.63) is 12.2 Å². The predicted molar refractivity (Wildman–Crippen MR) is 35.9 cm³/mol. The zero-order chi connectivity index (χ0) is 8.48. The fraction of sp³-hybridized carbons (Fsp3) is 0.714. The van der Waals surface area contributed by atoms with Gasteiger partial charge in [-0.25, -0.2) is 0 Å². The minimum absolute atomic E-state index is 0.0278. The van der Waals surface area contributed by atoms with E-state index in [4.69, 9.17) is 5.73 Å². The van der Waals surface area contributed by atoms with E-state index in [1.54, 1.807) is 6.08 Å². The molecule has 0 aromatic carbocycles. The molecule has 1 aliphatic carbocycles. The van der Waals surface area contributed by atoms with Crippen LogP contribution in [0.2, 0.25) is 0 Å². The molecule has 11 heavy (non-hydrogen) atoms. The van der Waals surface area contributed by atoms with Gasteiger partial charge in [0.15, 0.2) is 0 Å². The van der Waals surface area contributed by atoms with Gasteiger partial charge in [-0.2, -0.15) is 13.2 Å². The SMILES string of the molecule is N[C@@H]1C=CC[C@@H](C(F)(F)F)C1. The van der Waals surface area contributed by atoms with E-state index in [0.717, 1.165) is 0 Å². The van der Waals surface area contributed by atoms with Gasteiger partial charge in [-0.1, -0.05) is 12.2 Å². The molecule has 2 N–H and O–H groups in total. The van der Waals surface area contributed by atoms with E-state index < -0.39 is 18.1 Å². The average Bonchev–Trinajstić information content (AvgIpc) is 1.86. The van der Waals surface area contributed by atoms with Crippen molar-refractivity contribution in [3.63, 3.8) is 0 Å². The Hall–Kier alpha value is -0.510. The molecule has 0 saturated carbocycles. The molecule has 0 aromatic rings. The van der Waals surface area contributed by atoms with E-state index in [1.807, 2.05) is 0 Å². The maximum Gasteiger partial charge on any atom is 0.392 e. The lowest BCUT2D eigenvalue weighted by molar-refractivity contribution is -0.176. The van der Waals surface area contributed by atoms with Gasteiger partial charge < -0.3 is 5.73 Å². The minimum atomic E-state index is -4.08. The van der Waals surface area contributed by atoms with Crippen molar-refractivity contribution in [1.29, 1.82) is 0 Å². The summed E-state index contributed by atoms with van der Waals surface area (Å²) in [6, 6.07) is -0.421. The largest absolute Gasteiger partial charge is 0.392 e. The quantitative estimate of drug-likeness (QED) is 0.544. The van der Waals surface area contributed by atoms with E-state index in [0.29, 0.717) is 0 Å². The van der Waals surface area contributed by atoms with E-state index in [2.05, 4.69) is 0 Å². The second-order valence-corrected chi connectivity index (χ2v) is 2.80. The first kappa shape index (κ1) is 8.59. The molecule has 0 radical (unpaired) electrons. The molecule has 0 heterocycles. The highest BCUT2D eigenvalue weighted by molar-refractivity contribution is 5.00. The minimum Gasteiger partial charge on any atom is -0.324 e. The van der Waals surface area contributed by atoms with Gasteiger partial charge in [0.25, 0.3) is 0 Å². The highest BCUT2D eigenvalue weighted by atomic mass is 19.4. The van der Waals surface area contributed by atoms with Crippen molar-refractivity contribution in [2.45, 2.75) is 25.1 Å². The van der Waals surface area contributed by atoms with Gasteiger partial charge in [0.05, 0.1) is 5.92 Å². The standard InChI is InChI=1S/C7H10F3N/c8-7(9,10)5-2-1-3-6(11)4-5/h1,3,5-6H,2,4,11H2/t5-,6-/m1/s1. The molecule has 0 bridgehead atoms. The third-order valence-corrected chi connectivity index (χ3v) is 1.82. The van der Waals surface area contributed by atoms with Crippen molar-refractivity contribution < 1.29 is 13.2 Å². The molecule has 64 valence electrons. The normalized spacial score (nSPS) is 32.4. The molecule has 1 aliphatic rings. The molecule has 4 heteroatoms. The highest BCUT2D eigenvalue weighted by Crippen LogP contribution is 2.34. The van der Waals surface area contributed by atoms with Crippen molar-refractivity contribution in [3.8, 4) is 0 Å². The van der Waals surface area contributed by atoms with Crippen molar-refractivity contribution in [2.75, 3.05) is 0 Å². The molecule has 0 fully saturated rings. The molecule has 0 aromatic heterocycles. The van der Waals surface area contributed by atoms with Crippen LogP contribution in [-0.4, -0.2) is 12.2 Å². The molecule has 0 saturated heterocycles. The van der Waals surface area contributed by atoms with Crippen LogP contribution in [0.25, 0.3) is 0 Å². The van der Waals surface area contributed by atoms with Gasteiger partial charge in [0.1, 0.15) is 0 Å². The van der Waals surface area contributed by atoms with E-state index in [9.17, 15) is 13.2 Å². The van der Waals surface area contributed by atoms with Gasteiger partial charge in [-0.05, 0) is 12.8 Å². The number of rotatable bonds is 0. The van der Waals surface area contributed by atoms with Crippen LogP contribution < -0.4 is 5.73 Å². The predicted octanol–water partition coefficient (Wildman–Crippen LogP) is 1.84. The lowest BCUT2D eigenvalue weighted by Gasteiger charge is -2.24. The van der Waals surface area contributed by atoms with Crippen molar-refractivity contribution in [2.24, 2.45) is 11.7 Å². The zero-order valence-corrected chi connectivity index (χ0v) is 5.93. The van der Waals surface area contributed by atoms with Crippen LogP contribution in [0.1, 0.15) is 12.8 Å². The third-order valence-electron chi connectivity index (χ3n) is 1.82. The summed E-state index contributed by atoms with van der Waals surface area (Å²) in [4.78, 5) is 0. The Balaban J connectivity index is 2.57. The van der Waals surface area contributed by atoms with Crippen LogP contribution in [0.4, 0.5) is 13.2 Å². The summed E-state index contributed by atoms with van der Waals surface area (Å²) < 4.78 is 36.1. The second-order valence-electron chi connectivity index (χ2n) is 2.80. The van der Waals surface area contributed by atoms with Crippen LogP contribution in [0, 0.1) is 5.92 Å². The van der Waals surface area contributed by atoms with Crippen LogP contribution >= 0.6 is 0 Å². The molecule has 0 aliphatic heterocycles. The molecular formula is C7H10F3N. The molecule has 0 amide bonds. The van der Waals surface area contributed by atoms with E-state index in [-0.39, 0.29) is 12.8 Å². The van der Waals surface area contributed by atoms with Crippen molar-refractivity contribution in [1.82, 2.24) is 0 Å². The Labute approximate surface area is 63.1 Å². The van der Waals surface area contributed by atoms with Gasteiger partial charge >= 0.3 is 6.18 Å². The number of hydrogen-bond donors (Lipinski definition) is 1. The fourth-order valence-electron chi connectivity index (χ4n) is 1.19. The smallest absolute Gasteiger partial charge is 0.324 e. The molecule has 0 unspecified atom stereocenters. The number of alkyl halides is 3. The van der Waals surface area contributed by atoms with Gasteiger partial charge in [0, 0.05) is 6.04 Å². The summed E-state index contributed by atoms with van der Waals surface area (Å²) in [6.45, 7) is 0. The maximum atomic E-state index is 12.0. The summed E-state index contributed by atoms with van der Waals surface area (Å²) in [5, 5.41) is 0. The van der Waals surface area contributed by atoms with Crippen LogP contribution in [0.15, 0.2) is 12.2 Å². The monoisotopic (exact) mass is 165 g/mol. The summed E-state index contributed by atoms with van der Waals surface area (Å²) in [6.07, 6.45) is -0.839. The average molecular weight is 165 g/mol. The number of allylic oxidation sites excluding steroid dienone is 1. The highest BCUT2D eigenvalue weighted by Gasteiger charge is 2.40. The molecule has 2 atom stereocenters. The summed E-state index contributed by atoms with van der Waals surface area (Å²) in [7, 11) is 0. The van der Waals surface area contributed by atoms with Crippen LogP contribution in [0.5, 0.6) is 0 Å². The number of halogens is 3. The number of hydrogen-bond acceptors (Lipinski definition) is 1. The van der Waals surface area contributed by atoms with Gasteiger partial charge in [0.2, 0.25) is 0 Å². The third kappa shape index (κ3) is 2.22. The Kier molecular flexibility index (Phi) is 2.23. The van der Waals surface area contributed by atoms with Gasteiger partial charge in [-0.15, -0.1) is 0 Å². The van der Waals surface area contributed by atoms with Crippen LogP contribution in [-0.2, 0) is 0 Å². The first-order chi connectivity index (χ1) is 5.00.